The van der Waals surface area contributed by atoms with Crippen LogP contribution in [0.4, 0.5) is 5.82 Å². The number of anilines is 1. The third-order valence-corrected chi connectivity index (χ3v) is 3.41. The molecule has 0 atom stereocenters. The van der Waals surface area contributed by atoms with E-state index in [0.29, 0.717) is 5.82 Å². The van der Waals surface area contributed by atoms with E-state index in [1.54, 1.807) is 6.07 Å². The fourth-order valence-electron chi connectivity index (χ4n) is 2.13. The van der Waals surface area contributed by atoms with Crippen molar-refractivity contribution in [3.8, 4) is 5.75 Å². The van der Waals surface area contributed by atoms with E-state index < -0.39 is 0 Å². The molecule has 0 spiro atoms. The molecule has 1 fully saturated rings. The third kappa shape index (κ3) is 4.07. The van der Waals surface area contributed by atoms with Crippen LogP contribution in [0.5, 0.6) is 5.75 Å². The zero-order valence-electron chi connectivity index (χ0n) is 11.7. The maximum Gasteiger partial charge on any atom is 0.143 e. The Labute approximate surface area is 118 Å². The largest absolute Gasteiger partial charge is 0.506 e. The van der Waals surface area contributed by atoms with Gasteiger partial charge in [0.2, 0.25) is 0 Å². The molecule has 3 N–H and O–H groups in total. The average molecular weight is 279 g/mol. The fourth-order valence-corrected chi connectivity index (χ4v) is 2.13. The number of likely N-dealkylation sites (N-methyl/N-ethyl adjacent to an activating group) is 1. The molecular weight excluding hydrogens is 258 g/mol. The van der Waals surface area contributed by atoms with E-state index in [1.807, 2.05) is 0 Å². The Hall–Kier alpha value is -1.86. The number of pyridine rings is 1. The number of hydrogen-bond donors (Lipinski definition) is 3. The molecule has 0 unspecified atom stereocenters. The van der Waals surface area contributed by atoms with E-state index in [1.165, 1.54) is 6.07 Å². The normalized spacial score (nSPS) is 17.6. The summed E-state index contributed by atoms with van der Waals surface area (Å²) in [6.07, 6.45) is 1.11. The van der Waals surface area contributed by atoms with Crippen molar-refractivity contribution in [1.82, 2.24) is 14.8 Å². The molecule has 0 aromatic carbocycles. The van der Waals surface area contributed by atoms with Crippen LogP contribution in [0.25, 0.3) is 0 Å². The molecule has 1 aromatic rings. The second-order valence-corrected chi connectivity index (χ2v) is 4.92. The first-order valence-electron chi connectivity index (χ1n) is 6.71. The van der Waals surface area contributed by atoms with Crippen LogP contribution in [0.1, 0.15) is 5.69 Å². The first-order chi connectivity index (χ1) is 9.69. The van der Waals surface area contributed by atoms with Crippen LogP contribution in [-0.4, -0.2) is 77.6 Å². The maximum atomic E-state index is 9.51. The topological polar surface area (TPSA) is 84.2 Å². The molecule has 0 saturated carbocycles. The van der Waals surface area contributed by atoms with Crippen LogP contribution in [0.3, 0.4) is 0 Å². The molecular formula is C13H21N5O2. The molecule has 7 heteroatoms. The van der Waals surface area contributed by atoms with Crippen LogP contribution in [0, 0.1) is 0 Å². The summed E-state index contributed by atoms with van der Waals surface area (Å²) in [6.45, 7) is 6.13. The van der Waals surface area contributed by atoms with Crippen LogP contribution in [0.15, 0.2) is 17.3 Å². The Balaban J connectivity index is 1.80. The number of piperazine rings is 1. The van der Waals surface area contributed by atoms with Gasteiger partial charge in [0.05, 0.1) is 6.21 Å². The second kappa shape index (κ2) is 7.06. The SMILES string of the molecule is CN1CCN(CCNc2ccc(O)c(/C=N/O)n2)CC1. The molecule has 20 heavy (non-hydrogen) atoms. The summed E-state index contributed by atoms with van der Waals surface area (Å²) in [7, 11) is 2.14. The minimum atomic E-state index is -0.00702. The van der Waals surface area contributed by atoms with Gasteiger partial charge in [-0.3, -0.25) is 4.90 Å². The zero-order valence-corrected chi connectivity index (χ0v) is 11.7. The second-order valence-electron chi connectivity index (χ2n) is 4.92. The summed E-state index contributed by atoms with van der Waals surface area (Å²) in [5, 5.41) is 24.1. The number of oxime groups is 1. The van der Waals surface area contributed by atoms with Gasteiger partial charge in [-0.1, -0.05) is 5.16 Å². The first kappa shape index (κ1) is 14.5. The Morgan fingerprint density at radius 3 is 2.80 bits per heavy atom. The molecule has 2 heterocycles. The Kier molecular flexibility index (Phi) is 5.14. The Bertz CT molecular complexity index is 458. The predicted molar refractivity (Wildman–Crippen MR) is 77.7 cm³/mol. The number of aromatic hydroxyl groups is 1. The van der Waals surface area contributed by atoms with Gasteiger partial charge in [-0.25, -0.2) is 4.98 Å². The number of rotatable bonds is 5. The summed E-state index contributed by atoms with van der Waals surface area (Å²) in [4.78, 5) is 8.89. The highest BCUT2D eigenvalue weighted by Crippen LogP contribution is 2.15. The molecule has 0 radical (unpaired) electrons. The van der Waals surface area contributed by atoms with Gasteiger partial charge in [0, 0.05) is 39.3 Å². The highest BCUT2D eigenvalue weighted by Gasteiger charge is 2.12. The Morgan fingerprint density at radius 2 is 2.10 bits per heavy atom. The van der Waals surface area contributed by atoms with Gasteiger partial charge in [0.25, 0.3) is 0 Å². The van der Waals surface area contributed by atoms with Crippen molar-refractivity contribution >= 4 is 12.0 Å². The number of nitrogens with one attached hydrogen (secondary N) is 1. The van der Waals surface area contributed by atoms with Gasteiger partial charge in [0.1, 0.15) is 17.3 Å². The fraction of sp³-hybridized carbons (Fsp3) is 0.538. The molecule has 1 aliphatic heterocycles. The number of aromatic nitrogens is 1. The molecule has 1 saturated heterocycles. The summed E-state index contributed by atoms with van der Waals surface area (Å²) in [6, 6.07) is 3.23. The third-order valence-electron chi connectivity index (χ3n) is 3.41. The summed E-state index contributed by atoms with van der Waals surface area (Å²) < 4.78 is 0. The van der Waals surface area contributed by atoms with Crippen molar-refractivity contribution < 1.29 is 10.3 Å². The zero-order chi connectivity index (χ0) is 14.4. The monoisotopic (exact) mass is 279 g/mol. The van der Waals surface area contributed by atoms with Crippen molar-refractivity contribution in [3.05, 3.63) is 17.8 Å². The lowest BCUT2D eigenvalue weighted by Crippen LogP contribution is -2.45. The van der Waals surface area contributed by atoms with Gasteiger partial charge in [-0.15, -0.1) is 0 Å². The maximum absolute atomic E-state index is 9.51. The van der Waals surface area contributed by atoms with Gasteiger partial charge in [0.15, 0.2) is 0 Å². The molecule has 110 valence electrons. The van der Waals surface area contributed by atoms with Crippen molar-refractivity contribution in [1.29, 1.82) is 0 Å². The summed E-state index contributed by atoms with van der Waals surface area (Å²) >= 11 is 0. The number of nitrogens with zero attached hydrogens (tertiary/aromatic N) is 4. The van der Waals surface area contributed by atoms with Crippen LogP contribution < -0.4 is 5.32 Å². The lowest BCUT2D eigenvalue weighted by Gasteiger charge is -2.32. The molecule has 0 amide bonds. The quantitative estimate of drug-likeness (QED) is 0.407. The van der Waals surface area contributed by atoms with Gasteiger partial charge < -0.3 is 20.5 Å². The van der Waals surface area contributed by atoms with Crippen molar-refractivity contribution in [3.63, 3.8) is 0 Å². The van der Waals surface area contributed by atoms with E-state index in [2.05, 4.69) is 32.3 Å². The summed E-state index contributed by atoms with van der Waals surface area (Å²) in [5.74, 6) is 0.652. The predicted octanol–water partition coefficient (Wildman–Crippen LogP) is 0.255. The molecule has 1 aliphatic rings. The highest BCUT2D eigenvalue weighted by atomic mass is 16.4. The highest BCUT2D eigenvalue weighted by molar-refractivity contribution is 5.80. The van der Waals surface area contributed by atoms with Crippen molar-refractivity contribution in [2.24, 2.45) is 5.16 Å². The first-order valence-corrected chi connectivity index (χ1v) is 6.71. The molecule has 2 rings (SSSR count). The van der Waals surface area contributed by atoms with E-state index >= 15 is 0 Å². The number of hydrogen-bond acceptors (Lipinski definition) is 7. The Morgan fingerprint density at radius 1 is 1.35 bits per heavy atom. The van der Waals surface area contributed by atoms with Crippen molar-refractivity contribution in [2.75, 3.05) is 51.6 Å². The van der Waals surface area contributed by atoms with Crippen molar-refractivity contribution in [2.45, 2.75) is 0 Å². The molecule has 0 aliphatic carbocycles. The van der Waals surface area contributed by atoms with Crippen LogP contribution in [0.2, 0.25) is 0 Å². The minimum Gasteiger partial charge on any atom is -0.506 e. The van der Waals surface area contributed by atoms with E-state index in [0.717, 1.165) is 45.5 Å². The lowest BCUT2D eigenvalue weighted by molar-refractivity contribution is 0.158. The standard InChI is InChI=1S/C13H21N5O2/c1-17-6-8-18(9-7-17)5-4-14-13-3-2-12(19)11(16-13)10-15-20/h2-3,10,19-20H,4-9H2,1H3,(H,14,16)/b15-10+. The summed E-state index contributed by atoms with van der Waals surface area (Å²) in [5.41, 5.74) is 0.247. The minimum absolute atomic E-state index is 0.00702. The van der Waals surface area contributed by atoms with E-state index in [-0.39, 0.29) is 11.4 Å². The lowest BCUT2D eigenvalue weighted by atomic mass is 10.3. The molecule has 1 aromatic heterocycles. The van der Waals surface area contributed by atoms with Crippen LogP contribution in [-0.2, 0) is 0 Å². The molecule has 0 bridgehead atoms. The van der Waals surface area contributed by atoms with E-state index in [4.69, 9.17) is 5.21 Å². The average Bonchev–Trinajstić information content (AvgIpc) is 2.45. The van der Waals surface area contributed by atoms with Gasteiger partial charge >= 0.3 is 0 Å². The van der Waals surface area contributed by atoms with Gasteiger partial charge in [-0.05, 0) is 19.2 Å². The van der Waals surface area contributed by atoms with Gasteiger partial charge in [-0.2, -0.15) is 0 Å². The smallest absolute Gasteiger partial charge is 0.143 e. The van der Waals surface area contributed by atoms with Crippen LogP contribution >= 0.6 is 0 Å². The van der Waals surface area contributed by atoms with E-state index in [9.17, 15) is 5.11 Å². The molecule has 7 nitrogen and oxygen atoms in total.